The minimum Gasteiger partial charge on any atom is -0.459 e. The number of hydrogen-bond donors (Lipinski definition) is 0. The third-order valence-corrected chi connectivity index (χ3v) is 3.80. The second-order valence-electron chi connectivity index (χ2n) is 3.53. The van der Waals surface area contributed by atoms with Gasteiger partial charge in [0.25, 0.3) is 5.89 Å². The van der Waals surface area contributed by atoms with E-state index in [1.807, 2.05) is 0 Å². The topological polar surface area (TPSA) is 89.4 Å². The van der Waals surface area contributed by atoms with Gasteiger partial charge < -0.3 is 8.94 Å². The van der Waals surface area contributed by atoms with Crippen LogP contribution in [0.25, 0.3) is 11.7 Å². The lowest BCUT2D eigenvalue weighted by Gasteiger charge is -2.07. The van der Waals surface area contributed by atoms with Crippen molar-refractivity contribution in [2.45, 2.75) is 5.75 Å². The number of aromatic nitrogens is 2. The van der Waals surface area contributed by atoms with Gasteiger partial charge in [0.15, 0.2) is 11.6 Å². The van der Waals surface area contributed by atoms with Crippen LogP contribution in [0.2, 0.25) is 0 Å². The smallest absolute Gasteiger partial charge is 0.293 e. The van der Waals surface area contributed by atoms with E-state index in [-0.39, 0.29) is 17.5 Å². The van der Waals surface area contributed by atoms with Crippen LogP contribution in [0.5, 0.6) is 0 Å². The molecular formula is C9H11N3O4S. The zero-order chi connectivity index (χ0) is 12.5. The molecule has 17 heavy (non-hydrogen) atoms. The van der Waals surface area contributed by atoms with Crippen LogP contribution < -0.4 is 0 Å². The molecule has 0 atom stereocenters. The molecule has 0 saturated heterocycles. The Morgan fingerprint density at radius 2 is 2.18 bits per heavy atom. The highest BCUT2D eigenvalue weighted by molar-refractivity contribution is 7.88. The summed E-state index contributed by atoms with van der Waals surface area (Å²) in [5.41, 5.74) is 0. The predicted octanol–water partition coefficient (Wildman–Crippen LogP) is 0.721. The molecule has 0 fully saturated rings. The first kappa shape index (κ1) is 11.8. The number of furan rings is 1. The van der Waals surface area contributed by atoms with Gasteiger partial charge in [0.05, 0.1) is 6.26 Å². The van der Waals surface area contributed by atoms with Gasteiger partial charge in [0, 0.05) is 14.1 Å². The Labute approximate surface area is 98.1 Å². The van der Waals surface area contributed by atoms with Crippen molar-refractivity contribution >= 4 is 10.0 Å². The van der Waals surface area contributed by atoms with Crippen LogP contribution in [0.4, 0.5) is 0 Å². The Kier molecular flexibility index (Phi) is 2.99. The summed E-state index contributed by atoms with van der Waals surface area (Å²) in [6.45, 7) is 0. The molecule has 2 rings (SSSR count). The monoisotopic (exact) mass is 257 g/mol. The molecule has 0 aliphatic rings. The summed E-state index contributed by atoms with van der Waals surface area (Å²) < 4.78 is 34.2. The number of sulfonamides is 1. The van der Waals surface area contributed by atoms with Gasteiger partial charge in [-0.3, -0.25) is 0 Å². The molecule has 2 aromatic rings. The van der Waals surface area contributed by atoms with Gasteiger partial charge in [-0.2, -0.15) is 4.98 Å². The van der Waals surface area contributed by atoms with Crippen LogP contribution in [-0.2, 0) is 15.8 Å². The Bertz CT molecular complexity index is 586. The van der Waals surface area contributed by atoms with E-state index in [9.17, 15) is 8.42 Å². The molecule has 92 valence electrons. The molecule has 0 unspecified atom stereocenters. The SMILES string of the molecule is CN(C)S(=O)(=O)Cc1noc(-c2ccco2)n1. The van der Waals surface area contributed by atoms with Gasteiger partial charge in [0.2, 0.25) is 10.0 Å². The summed E-state index contributed by atoms with van der Waals surface area (Å²) in [6.07, 6.45) is 1.47. The van der Waals surface area contributed by atoms with Crippen molar-refractivity contribution in [2.75, 3.05) is 14.1 Å². The molecule has 8 heteroatoms. The van der Waals surface area contributed by atoms with E-state index < -0.39 is 10.0 Å². The van der Waals surface area contributed by atoms with E-state index in [0.29, 0.717) is 5.76 Å². The van der Waals surface area contributed by atoms with E-state index in [1.54, 1.807) is 12.1 Å². The van der Waals surface area contributed by atoms with Crippen molar-refractivity contribution in [2.24, 2.45) is 0 Å². The molecule has 2 heterocycles. The second kappa shape index (κ2) is 4.30. The van der Waals surface area contributed by atoms with Crippen LogP contribution in [-0.4, -0.2) is 37.0 Å². The fourth-order valence-electron chi connectivity index (χ4n) is 1.11. The van der Waals surface area contributed by atoms with Crippen LogP contribution in [0.15, 0.2) is 27.3 Å². The quantitative estimate of drug-likeness (QED) is 0.801. The van der Waals surface area contributed by atoms with E-state index in [4.69, 9.17) is 8.94 Å². The van der Waals surface area contributed by atoms with Gasteiger partial charge in [-0.25, -0.2) is 12.7 Å². The minimum absolute atomic E-state index is 0.102. The largest absolute Gasteiger partial charge is 0.459 e. The average Bonchev–Trinajstić information content (AvgIpc) is 2.85. The molecule has 0 radical (unpaired) electrons. The van der Waals surface area contributed by atoms with Crippen molar-refractivity contribution in [3.63, 3.8) is 0 Å². The normalized spacial score (nSPS) is 12.2. The lowest BCUT2D eigenvalue weighted by molar-refractivity contribution is 0.410. The van der Waals surface area contributed by atoms with E-state index in [1.165, 1.54) is 20.4 Å². The molecule has 0 N–H and O–H groups in total. The summed E-state index contributed by atoms with van der Waals surface area (Å²) in [4.78, 5) is 3.94. The van der Waals surface area contributed by atoms with Gasteiger partial charge in [0.1, 0.15) is 5.75 Å². The number of hydrogen-bond acceptors (Lipinski definition) is 6. The van der Waals surface area contributed by atoms with Crippen molar-refractivity contribution in [1.82, 2.24) is 14.4 Å². The maximum atomic E-state index is 11.6. The molecule has 0 amide bonds. The van der Waals surface area contributed by atoms with Crippen LogP contribution in [0.1, 0.15) is 5.82 Å². The van der Waals surface area contributed by atoms with Crippen molar-refractivity contribution in [3.8, 4) is 11.7 Å². The molecule has 0 aliphatic carbocycles. The molecule has 0 bridgehead atoms. The maximum absolute atomic E-state index is 11.6. The number of rotatable bonds is 4. The summed E-state index contributed by atoms with van der Waals surface area (Å²) in [5.74, 6) is 0.375. The summed E-state index contributed by atoms with van der Waals surface area (Å²) in [5, 5.41) is 3.59. The Morgan fingerprint density at radius 1 is 1.41 bits per heavy atom. The first-order valence-corrected chi connectivity index (χ1v) is 6.36. The van der Waals surface area contributed by atoms with Gasteiger partial charge in [-0.15, -0.1) is 0 Å². The van der Waals surface area contributed by atoms with Crippen LogP contribution in [0, 0.1) is 0 Å². The minimum atomic E-state index is -3.39. The van der Waals surface area contributed by atoms with Crippen LogP contribution in [0.3, 0.4) is 0 Å². The average molecular weight is 257 g/mol. The molecule has 2 aromatic heterocycles. The summed E-state index contributed by atoms with van der Waals surface area (Å²) in [6, 6.07) is 3.33. The Morgan fingerprint density at radius 3 is 2.76 bits per heavy atom. The third-order valence-electron chi connectivity index (χ3n) is 2.07. The molecule has 7 nitrogen and oxygen atoms in total. The fourth-order valence-corrected chi connectivity index (χ4v) is 1.81. The second-order valence-corrected chi connectivity index (χ2v) is 5.71. The summed E-state index contributed by atoms with van der Waals surface area (Å²) in [7, 11) is -0.494. The van der Waals surface area contributed by atoms with Gasteiger partial charge in [-0.05, 0) is 12.1 Å². The highest BCUT2D eigenvalue weighted by Crippen LogP contribution is 2.17. The third kappa shape index (κ3) is 2.53. The lowest BCUT2D eigenvalue weighted by atomic mass is 10.4. The van der Waals surface area contributed by atoms with E-state index in [0.717, 1.165) is 4.31 Å². The van der Waals surface area contributed by atoms with Crippen molar-refractivity contribution < 1.29 is 17.4 Å². The summed E-state index contributed by atoms with van der Waals surface area (Å²) >= 11 is 0. The van der Waals surface area contributed by atoms with Crippen LogP contribution >= 0.6 is 0 Å². The maximum Gasteiger partial charge on any atom is 0.293 e. The fraction of sp³-hybridized carbons (Fsp3) is 0.333. The highest BCUT2D eigenvalue weighted by Gasteiger charge is 2.20. The van der Waals surface area contributed by atoms with E-state index in [2.05, 4.69) is 10.1 Å². The first-order valence-electron chi connectivity index (χ1n) is 4.76. The van der Waals surface area contributed by atoms with E-state index >= 15 is 0 Å². The Hall–Kier alpha value is -1.67. The van der Waals surface area contributed by atoms with Gasteiger partial charge in [-0.1, -0.05) is 5.16 Å². The first-order chi connectivity index (χ1) is 7.99. The molecule has 0 aromatic carbocycles. The predicted molar refractivity (Wildman–Crippen MR) is 58.3 cm³/mol. The molecular weight excluding hydrogens is 246 g/mol. The highest BCUT2D eigenvalue weighted by atomic mass is 32.2. The zero-order valence-corrected chi connectivity index (χ0v) is 10.1. The number of nitrogens with zero attached hydrogens (tertiary/aromatic N) is 3. The molecule has 0 saturated carbocycles. The molecule has 0 aliphatic heterocycles. The van der Waals surface area contributed by atoms with Crippen molar-refractivity contribution in [1.29, 1.82) is 0 Å². The molecule has 0 spiro atoms. The lowest BCUT2D eigenvalue weighted by Crippen LogP contribution is -2.24. The zero-order valence-electron chi connectivity index (χ0n) is 9.32. The van der Waals surface area contributed by atoms with Gasteiger partial charge >= 0.3 is 0 Å². The van der Waals surface area contributed by atoms with Crippen molar-refractivity contribution in [3.05, 3.63) is 24.2 Å². The standard InChI is InChI=1S/C9H11N3O4S/c1-12(2)17(13,14)6-8-10-9(16-11-8)7-4-3-5-15-7/h3-5H,6H2,1-2H3. The Balaban J connectivity index is 2.20.